The second-order valence-corrected chi connectivity index (χ2v) is 5.73. The maximum absolute atomic E-state index is 11.7. The minimum absolute atomic E-state index is 0.00648. The lowest BCUT2D eigenvalue weighted by Gasteiger charge is -2.38. The van der Waals surface area contributed by atoms with E-state index in [1.54, 1.807) is 0 Å². The molecule has 100 valence electrons. The van der Waals surface area contributed by atoms with Gasteiger partial charge in [0.05, 0.1) is 6.04 Å². The number of hydrogen-bond donors (Lipinski definition) is 2. The summed E-state index contributed by atoms with van der Waals surface area (Å²) in [5, 5.41) is 3.01. The van der Waals surface area contributed by atoms with Crippen LogP contribution < -0.4 is 11.1 Å². The lowest BCUT2D eigenvalue weighted by atomic mass is 9.80. The minimum Gasteiger partial charge on any atom is -0.354 e. The fraction of sp³-hybridized carbons (Fsp3) is 0.923. The molecule has 1 atom stereocenters. The molecular formula is C13H27N3O. The molecule has 0 spiro atoms. The highest BCUT2D eigenvalue weighted by atomic mass is 16.2. The van der Waals surface area contributed by atoms with Gasteiger partial charge in [-0.3, -0.25) is 4.79 Å². The van der Waals surface area contributed by atoms with Gasteiger partial charge < -0.3 is 16.0 Å². The summed E-state index contributed by atoms with van der Waals surface area (Å²) >= 11 is 0. The number of piperidine rings is 1. The summed E-state index contributed by atoms with van der Waals surface area (Å²) in [5.41, 5.74) is 6.03. The molecular weight excluding hydrogens is 214 g/mol. The highest BCUT2D eigenvalue weighted by Gasteiger charge is 2.29. The van der Waals surface area contributed by atoms with Crippen molar-refractivity contribution in [2.75, 3.05) is 26.7 Å². The second kappa shape index (κ2) is 6.36. The second-order valence-electron chi connectivity index (χ2n) is 5.73. The van der Waals surface area contributed by atoms with Gasteiger partial charge in [-0.1, -0.05) is 20.3 Å². The molecule has 3 N–H and O–H groups in total. The minimum atomic E-state index is -0.338. The van der Waals surface area contributed by atoms with Crippen LogP contribution >= 0.6 is 0 Å². The summed E-state index contributed by atoms with van der Waals surface area (Å²) < 4.78 is 0. The van der Waals surface area contributed by atoms with Gasteiger partial charge in [-0.05, 0) is 44.8 Å². The molecule has 1 aliphatic heterocycles. The molecule has 1 heterocycles. The van der Waals surface area contributed by atoms with E-state index in [1.807, 2.05) is 6.92 Å². The van der Waals surface area contributed by atoms with Crippen LogP contribution in [0.25, 0.3) is 0 Å². The maximum atomic E-state index is 11.7. The molecule has 0 aromatic rings. The SMILES string of the molecule is CCC[C@@H](N)C(=O)NCC1(C)CCN(C)CC1. The standard InChI is InChI=1S/C13H27N3O/c1-4-5-11(14)12(17)15-10-13(2)6-8-16(3)9-7-13/h11H,4-10,14H2,1-3H3,(H,15,17)/t11-/m1/s1. The Labute approximate surface area is 105 Å². The van der Waals surface area contributed by atoms with Gasteiger partial charge in [-0.2, -0.15) is 0 Å². The fourth-order valence-corrected chi connectivity index (χ4v) is 2.21. The van der Waals surface area contributed by atoms with Crippen LogP contribution in [-0.4, -0.2) is 43.5 Å². The topological polar surface area (TPSA) is 58.4 Å². The van der Waals surface area contributed by atoms with E-state index in [1.165, 1.54) is 0 Å². The Morgan fingerprint density at radius 2 is 2.06 bits per heavy atom. The van der Waals surface area contributed by atoms with E-state index < -0.39 is 0 Å². The van der Waals surface area contributed by atoms with Gasteiger partial charge >= 0.3 is 0 Å². The van der Waals surface area contributed by atoms with Crippen LogP contribution in [0.1, 0.15) is 39.5 Å². The van der Waals surface area contributed by atoms with Crippen molar-refractivity contribution in [3.63, 3.8) is 0 Å². The smallest absolute Gasteiger partial charge is 0.236 e. The van der Waals surface area contributed by atoms with Crippen molar-refractivity contribution in [3.05, 3.63) is 0 Å². The van der Waals surface area contributed by atoms with Crippen molar-refractivity contribution in [3.8, 4) is 0 Å². The number of carbonyl (C=O) groups is 1. The largest absolute Gasteiger partial charge is 0.354 e. The van der Waals surface area contributed by atoms with Crippen molar-refractivity contribution >= 4 is 5.91 Å². The Kier molecular flexibility index (Phi) is 5.40. The van der Waals surface area contributed by atoms with Crippen molar-refractivity contribution in [1.29, 1.82) is 0 Å². The van der Waals surface area contributed by atoms with Gasteiger partial charge in [0.2, 0.25) is 5.91 Å². The Bertz CT molecular complexity index is 247. The monoisotopic (exact) mass is 241 g/mol. The molecule has 1 saturated heterocycles. The summed E-state index contributed by atoms with van der Waals surface area (Å²) in [6, 6.07) is -0.338. The number of nitrogens with one attached hydrogen (secondary N) is 1. The Hall–Kier alpha value is -0.610. The van der Waals surface area contributed by atoms with Gasteiger partial charge in [-0.15, -0.1) is 0 Å². The first-order chi connectivity index (χ1) is 7.97. The third-order valence-corrected chi connectivity index (χ3v) is 3.82. The fourth-order valence-electron chi connectivity index (χ4n) is 2.21. The van der Waals surface area contributed by atoms with E-state index in [9.17, 15) is 4.79 Å². The third-order valence-electron chi connectivity index (χ3n) is 3.82. The zero-order valence-corrected chi connectivity index (χ0v) is 11.5. The maximum Gasteiger partial charge on any atom is 0.236 e. The van der Waals surface area contributed by atoms with Crippen LogP contribution in [0.2, 0.25) is 0 Å². The number of likely N-dealkylation sites (tertiary alicyclic amines) is 1. The van der Waals surface area contributed by atoms with Gasteiger partial charge in [0, 0.05) is 6.54 Å². The van der Waals surface area contributed by atoms with Crippen LogP contribution in [0.15, 0.2) is 0 Å². The summed E-state index contributed by atoms with van der Waals surface area (Å²) in [6.07, 6.45) is 4.02. The predicted molar refractivity (Wildman–Crippen MR) is 70.7 cm³/mol. The first-order valence-electron chi connectivity index (χ1n) is 6.69. The number of hydrogen-bond acceptors (Lipinski definition) is 3. The highest BCUT2D eigenvalue weighted by Crippen LogP contribution is 2.29. The predicted octanol–water partition coefficient (Wildman–Crippen LogP) is 0.962. The molecule has 4 nitrogen and oxygen atoms in total. The molecule has 1 rings (SSSR count). The number of rotatable bonds is 5. The number of nitrogens with zero attached hydrogens (tertiary/aromatic N) is 1. The van der Waals surface area contributed by atoms with Crippen LogP contribution in [0.3, 0.4) is 0 Å². The van der Waals surface area contributed by atoms with E-state index in [2.05, 4.69) is 24.2 Å². The van der Waals surface area contributed by atoms with E-state index >= 15 is 0 Å². The number of nitrogens with two attached hydrogens (primary N) is 1. The summed E-state index contributed by atoms with van der Waals surface area (Å²) in [7, 11) is 2.15. The van der Waals surface area contributed by atoms with Crippen LogP contribution in [-0.2, 0) is 4.79 Å². The van der Waals surface area contributed by atoms with Crippen molar-refractivity contribution < 1.29 is 4.79 Å². The molecule has 4 heteroatoms. The van der Waals surface area contributed by atoms with Crippen molar-refractivity contribution in [2.45, 2.75) is 45.6 Å². The Morgan fingerprint density at radius 1 is 1.47 bits per heavy atom. The average Bonchev–Trinajstić information content (AvgIpc) is 2.31. The zero-order chi connectivity index (χ0) is 12.9. The first kappa shape index (κ1) is 14.5. The Balaban J connectivity index is 2.32. The van der Waals surface area contributed by atoms with E-state index in [0.29, 0.717) is 0 Å². The van der Waals surface area contributed by atoms with Gasteiger partial charge in [0.25, 0.3) is 0 Å². The molecule has 0 unspecified atom stereocenters. The average molecular weight is 241 g/mol. The molecule has 1 aliphatic rings. The van der Waals surface area contributed by atoms with Gasteiger partial charge in [-0.25, -0.2) is 0 Å². The zero-order valence-electron chi connectivity index (χ0n) is 11.5. The molecule has 1 amide bonds. The highest BCUT2D eigenvalue weighted by molar-refractivity contribution is 5.81. The number of carbonyl (C=O) groups excluding carboxylic acids is 1. The Morgan fingerprint density at radius 3 is 2.59 bits per heavy atom. The van der Waals surface area contributed by atoms with Crippen LogP contribution in [0.5, 0.6) is 0 Å². The van der Waals surface area contributed by atoms with Crippen molar-refractivity contribution in [2.24, 2.45) is 11.1 Å². The van der Waals surface area contributed by atoms with Crippen LogP contribution in [0, 0.1) is 5.41 Å². The summed E-state index contributed by atoms with van der Waals surface area (Å²) in [6.45, 7) is 7.30. The third kappa shape index (κ3) is 4.64. The molecule has 0 bridgehead atoms. The van der Waals surface area contributed by atoms with E-state index in [0.717, 1.165) is 45.3 Å². The summed E-state index contributed by atoms with van der Waals surface area (Å²) in [4.78, 5) is 14.1. The molecule has 0 saturated carbocycles. The molecule has 1 fully saturated rings. The van der Waals surface area contributed by atoms with E-state index in [4.69, 9.17) is 5.73 Å². The lowest BCUT2D eigenvalue weighted by Crippen LogP contribution is -2.47. The van der Waals surface area contributed by atoms with E-state index in [-0.39, 0.29) is 17.4 Å². The normalized spacial score (nSPS) is 22.1. The summed E-state index contributed by atoms with van der Waals surface area (Å²) in [5.74, 6) is 0.00648. The molecule has 17 heavy (non-hydrogen) atoms. The first-order valence-corrected chi connectivity index (χ1v) is 6.69. The molecule has 0 aliphatic carbocycles. The molecule has 0 radical (unpaired) electrons. The number of amides is 1. The van der Waals surface area contributed by atoms with Crippen LogP contribution in [0.4, 0.5) is 0 Å². The van der Waals surface area contributed by atoms with Gasteiger partial charge in [0.1, 0.15) is 0 Å². The molecule has 0 aromatic carbocycles. The quantitative estimate of drug-likeness (QED) is 0.754. The van der Waals surface area contributed by atoms with Gasteiger partial charge in [0.15, 0.2) is 0 Å². The van der Waals surface area contributed by atoms with Crippen molar-refractivity contribution in [1.82, 2.24) is 10.2 Å². The lowest BCUT2D eigenvalue weighted by molar-refractivity contribution is -0.123. The molecule has 0 aromatic heterocycles.